The molecule has 0 spiro atoms. The van der Waals surface area contributed by atoms with Gasteiger partial charge in [-0.1, -0.05) is 41.9 Å². The van der Waals surface area contributed by atoms with Crippen LogP contribution in [0.1, 0.15) is 21.5 Å². The van der Waals surface area contributed by atoms with E-state index in [9.17, 15) is 9.90 Å². The predicted octanol–water partition coefficient (Wildman–Crippen LogP) is 4.79. The highest BCUT2D eigenvalue weighted by Crippen LogP contribution is 2.38. The Morgan fingerprint density at radius 3 is 2.25 bits per heavy atom. The number of hydrogen-bond acceptors (Lipinski definition) is 4. The lowest BCUT2D eigenvalue weighted by atomic mass is 9.90. The van der Waals surface area contributed by atoms with Crippen molar-refractivity contribution in [2.45, 2.75) is 6.42 Å². The van der Waals surface area contributed by atoms with Gasteiger partial charge in [0.05, 0.1) is 14.2 Å². The Morgan fingerprint density at radius 1 is 0.929 bits per heavy atom. The first-order valence-corrected chi connectivity index (χ1v) is 9.22. The number of methoxy groups -OCH3 is 2. The van der Waals surface area contributed by atoms with Crippen LogP contribution >= 0.6 is 11.6 Å². The molecule has 3 aromatic rings. The van der Waals surface area contributed by atoms with E-state index in [1.165, 1.54) is 0 Å². The van der Waals surface area contributed by atoms with Crippen molar-refractivity contribution >= 4 is 17.4 Å². The summed E-state index contributed by atoms with van der Waals surface area (Å²) in [6.07, 6.45) is 0.404. The zero-order valence-corrected chi connectivity index (χ0v) is 16.5. The first kappa shape index (κ1) is 19.9. The maximum atomic E-state index is 13.2. The molecular formula is C23H21ClO4. The second-order valence-electron chi connectivity index (χ2n) is 6.22. The number of ketones is 1. The lowest BCUT2D eigenvalue weighted by Crippen LogP contribution is -2.05. The van der Waals surface area contributed by atoms with Gasteiger partial charge in [-0.3, -0.25) is 4.79 Å². The third-order valence-corrected chi connectivity index (χ3v) is 4.78. The first-order valence-electron chi connectivity index (χ1n) is 8.84. The molecule has 1 N–H and O–H groups in total. The number of hydrogen-bond donors (Lipinski definition) is 1. The van der Waals surface area contributed by atoms with Gasteiger partial charge in [-0.2, -0.15) is 0 Å². The molecule has 0 saturated carbocycles. The van der Waals surface area contributed by atoms with Gasteiger partial charge in [-0.05, 0) is 53.4 Å². The highest BCUT2D eigenvalue weighted by atomic mass is 35.5. The Morgan fingerprint density at radius 2 is 1.61 bits per heavy atom. The Kier molecular flexibility index (Phi) is 6.34. The van der Waals surface area contributed by atoms with Crippen LogP contribution in [0.2, 0.25) is 5.02 Å². The third kappa shape index (κ3) is 4.03. The third-order valence-electron chi connectivity index (χ3n) is 4.54. The molecule has 0 fully saturated rings. The molecular weight excluding hydrogens is 376 g/mol. The fraction of sp³-hybridized carbons (Fsp3) is 0.174. The highest BCUT2D eigenvalue weighted by molar-refractivity contribution is 6.31. The van der Waals surface area contributed by atoms with Crippen molar-refractivity contribution in [3.05, 3.63) is 82.4 Å². The molecule has 144 valence electrons. The summed E-state index contributed by atoms with van der Waals surface area (Å²) in [5.41, 5.74) is 3.42. The van der Waals surface area contributed by atoms with Crippen LogP contribution in [0.3, 0.4) is 0 Å². The van der Waals surface area contributed by atoms with Crippen LogP contribution in [0, 0.1) is 0 Å². The zero-order valence-electron chi connectivity index (χ0n) is 15.7. The molecule has 3 rings (SSSR count). The SMILES string of the molecule is COc1cc(CCO)c(-c2cc(Cl)ccc2C(=O)c2ccccc2)cc1OC. The van der Waals surface area contributed by atoms with E-state index in [2.05, 4.69) is 0 Å². The van der Waals surface area contributed by atoms with Gasteiger partial charge in [-0.15, -0.1) is 0 Å². The van der Waals surface area contributed by atoms with Crippen molar-refractivity contribution in [3.8, 4) is 22.6 Å². The number of aliphatic hydroxyl groups excluding tert-OH is 1. The van der Waals surface area contributed by atoms with Gasteiger partial charge in [-0.25, -0.2) is 0 Å². The maximum absolute atomic E-state index is 13.2. The molecule has 0 unspecified atom stereocenters. The standard InChI is InChI=1S/C23H21ClO4/c1-27-21-12-16(10-11-25)19(14-22(21)28-2)20-13-17(24)8-9-18(20)23(26)15-6-4-3-5-7-15/h3-9,12-14,25H,10-11H2,1-2H3. The van der Waals surface area contributed by atoms with Crippen LogP contribution in [-0.4, -0.2) is 31.7 Å². The topological polar surface area (TPSA) is 55.8 Å². The summed E-state index contributed by atoms with van der Waals surface area (Å²) < 4.78 is 10.8. The minimum Gasteiger partial charge on any atom is -0.493 e. The van der Waals surface area contributed by atoms with Crippen LogP contribution in [0.25, 0.3) is 11.1 Å². The lowest BCUT2D eigenvalue weighted by Gasteiger charge is -2.17. The predicted molar refractivity (Wildman–Crippen MR) is 111 cm³/mol. The second-order valence-corrected chi connectivity index (χ2v) is 6.66. The second kappa shape index (κ2) is 8.91. The summed E-state index contributed by atoms with van der Waals surface area (Å²) in [5.74, 6) is 1.00. The fourth-order valence-electron chi connectivity index (χ4n) is 3.18. The molecule has 0 amide bonds. The Labute approximate surface area is 169 Å². The number of carbonyl (C=O) groups is 1. The summed E-state index contributed by atoms with van der Waals surface area (Å²) in [6.45, 7) is -0.0367. The molecule has 0 heterocycles. The minimum absolute atomic E-state index is 0.0367. The number of carbonyl (C=O) groups excluding carboxylic acids is 1. The van der Waals surface area contributed by atoms with E-state index in [1.807, 2.05) is 30.3 Å². The van der Waals surface area contributed by atoms with Crippen LogP contribution in [0.15, 0.2) is 60.7 Å². The smallest absolute Gasteiger partial charge is 0.193 e. The number of ether oxygens (including phenoxy) is 2. The van der Waals surface area contributed by atoms with E-state index in [0.29, 0.717) is 39.6 Å². The Hall–Kier alpha value is -2.82. The van der Waals surface area contributed by atoms with E-state index in [0.717, 1.165) is 11.1 Å². The summed E-state index contributed by atoms with van der Waals surface area (Å²) in [7, 11) is 3.12. The zero-order chi connectivity index (χ0) is 20.1. The van der Waals surface area contributed by atoms with Crippen LogP contribution in [0.4, 0.5) is 0 Å². The van der Waals surface area contributed by atoms with E-state index in [1.54, 1.807) is 44.6 Å². The minimum atomic E-state index is -0.1000. The molecule has 4 nitrogen and oxygen atoms in total. The normalized spacial score (nSPS) is 10.6. The molecule has 28 heavy (non-hydrogen) atoms. The molecule has 0 aromatic heterocycles. The van der Waals surface area contributed by atoms with Crippen molar-refractivity contribution < 1.29 is 19.4 Å². The van der Waals surface area contributed by atoms with Crippen molar-refractivity contribution in [1.29, 1.82) is 0 Å². The van der Waals surface area contributed by atoms with Gasteiger partial charge in [0, 0.05) is 22.8 Å². The first-order chi connectivity index (χ1) is 13.6. The Balaban J connectivity index is 2.23. The van der Waals surface area contributed by atoms with Gasteiger partial charge in [0.15, 0.2) is 17.3 Å². The number of halogens is 1. The Bertz CT molecular complexity index is 983. The molecule has 0 saturated heterocycles. The molecule has 0 atom stereocenters. The largest absolute Gasteiger partial charge is 0.493 e. The van der Waals surface area contributed by atoms with E-state index in [-0.39, 0.29) is 12.4 Å². The van der Waals surface area contributed by atoms with Gasteiger partial charge in [0.1, 0.15) is 0 Å². The van der Waals surface area contributed by atoms with Gasteiger partial charge in [0.2, 0.25) is 0 Å². The molecule has 0 bridgehead atoms. The summed E-state index contributed by atoms with van der Waals surface area (Å²) in [6, 6.07) is 17.9. The van der Waals surface area contributed by atoms with Crippen LogP contribution in [-0.2, 0) is 6.42 Å². The van der Waals surface area contributed by atoms with E-state index < -0.39 is 0 Å². The molecule has 0 aliphatic heterocycles. The number of aliphatic hydroxyl groups is 1. The molecule has 5 heteroatoms. The summed E-state index contributed by atoms with van der Waals surface area (Å²) in [5, 5.41) is 10.0. The number of benzene rings is 3. The van der Waals surface area contributed by atoms with E-state index in [4.69, 9.17) is 21.1 Å². The fourth-order valence-corrected chi connectivity index (χ4v) is 3.35. The van der Waals surface area contributed by atoms with Crippen LogP contribution in [0.5, 0.6) is 11.5 Å². The maximum Gasteiger partial charge on any atom is 0.193 e. The van der Waals surface area contributed by atoms with Gasteiger partial charge in [0.25, 0.3) is 0 Å². The summed E-state index contributed by atoms with van der Waals surface area (Å²) >= 11 is 6.26. The van der Waals surface area contributed by atoms with Gasteiger partial charge < -0.3 is 14.6 Å². The lowest BCUT2D eigenvalue weighted by molar-refractivity contribution is 0.103. The molecule has 3 aromatic carbocycles. The molecule has 0 aliphatic rings. The number of rotatable bonds is 7. The van der Waals surface area contributed by atoms with Crippen molar-refractivity contribution in [2.24, 2.45) is 0 Å². The van der Waals surface area contributed by atoms with Crippen LogP contribution < -0.4 is 9.47 Å². The van der Waals surface area contributed by atoms with Crippen molar-refractivity contribution in [1.82, 2.24) is 0 Å². The van der Waals surface area contributed by atoms with Crippen molar-refractivity contribution in [2.75, 3.05) is 20.8 Å². The average molecular weight is 397 g/mol. The monoisotopic (exact) mass is 396 g/mol. The summed E-state index contributed by atoms with van der Waals surface area (Å²) in [4.78, 5) is 13.2. The van der Waals surface area contributed by atoms with Crippen molar-refractivity contribution in [3.63, 3.8) is 0 Å². The molecule has 0 aliphatic carbocycles. The van der Waals surface area contributed by atoms with Gasteiger partial charge >= 0.3 is 0 Å². The average Bonchev–Trinajstić information content (AvgIpc) is 2.73. The molecule has 0 radical (unpaired) electrons. The van der Waals surface area contributed by atoms with E-state index >= 15 is 0 Å². The quantitative estimate of drug-likeness (QED) is 0.583. The highest BCUT2D eigenvalue weighted by Gasteiger charge is 2.19.